The maximum atomic E-state index is 11.9. The van der Waals surface area contributed by atoms with Crippen LogP contribution in [-0.4, -0.2) is 28.4 Å². The van der Waals surface area contributed by atoms with Gasteiger partial charge in [-0.05, 0) is 17.7 Å². The molecule has 4 nitrogen and oxygen atoms in total. The Balaban J connectivity index is 2.11. The number of β-amino-alcohol motifs (C(OH)–C–C–N with tert-alkyl or cyclic N) is 1. The maximum Gasteiger partial charge on any atom is 0.232 e. The van der Waals surface area contributed by atoms with Gasteiger partial charge < -0.3 is 5.11 Å². The normalized spacial score (nSPS) is 24.9. The molecule has 2 amide bonds. The highest BCUT2D eigenvalue weighted by molar-refractivity contribution is 9.10. The molecule has 0 aliphatic carbocycles. The van der Waals surface area contributed by atoms with Crippen LogP contribution in [0.15, 0.2) is 28.7 Å². The second kappa shape index (κ2) is 5.43. The Kier molecular flexibility index (Phi) is 4.06. The zero-order valence-corrected chi connectivity index (χ0v) is 12.4. The molecular weight excluding hydrogens is 310 g/mol. The Morgan fingerprint density at radius 3 is 2.11 bits per heavy atom. The van der Waals surface area contributed by atoms with E-state index in [2.05, 4.69) is 15.9 Å². The van der Waals surface area contributed by atoms with Crippen LogP contribution in [0.5, 0.6) is 0 Å². The topological polar surface area (TPSA) is 57.6 Å². The quantitative estimate of drug-likeness (QED) is 0.866. The van der Waals surface area contributed by atoms with E-state index in [0.717, 1.165) is 4.47 Å². The molecule has 1 aromatic rings. The number of hydrogen-bond acceptors (Lipinski definition) is 3. The number of aliphatic hydroxyl groups excluding tert-OH is 1. The van der Waals surface area contributed by atoms with E-state index in [-0.39, 0.29) is 30.2 Å². The van der Waals surface area contributed by atoms with Gasteiger partial charge in [-0.3, -0.25) is 14.5 Å². The van der Waals surface area contributed by atoms with Gasteiger partial charge in [-0.15, -0.1) is 0 Å². The Morgan fingerprint density at radius 2 is 1.63 bits per heavy atom. The van der Waals surface area contributed by atoms with Gasteiger partial charge in [0.25, 0.3) is 0 Å². The molecule has 3 atom stereocenters. The van der Waals surface area contributed by atoms with Crippen molar-refractivity contribution in [2.75, 3.05) is 6.54 Å². The zero-order chi connectivity index (χ0) is 14.2. The van der Waals surface area contributed by atoms with Crippen LogP contribution in [0.4, 0.5) is 0 Å². The summed E-state index contributed by atoms with van der Waals surface area (Å²) < 4.78 is 0.916. The standard InChI is InChI=1S/C14H16BrNO3/c1-8-9(2)14(19)16(13(8)18)7-12(17)10-3-5-11(15)6-4-10/h3-6,8-9,12,17H,7H2,1-2H3/t8-,9-,12-/m0/s1. The molecule has 0 saturated carbocycles. The first-order valence-corrected chi connectivity index (χ1v) is 7.00. The molecule has 102 valence electrons. The van der Waals surface area contributed by atoms with Gasteiger partial charge in [-0.2, -0.15) is 0 Å². The van der Waals surface area contributed by atoms with E-state index >= 15 is 0 Å². The number of hydrogen-bond donors (Lipinski definition) is 1. The minimum Gasteiger partial charge on any atom is -0.387 e. The summed E-state index contributed by atoms with van der Waals surface area (Å²) in [5.74, 6) is -1.00. The fraction of sp³-hybridized carbons (Fsp3) is 0.429. The lowest BCUT2D eigenvalue weighted by Gasteiger charge is -2.19. The van der Waals surface area contributed by atoms with Crippen LogP contribution in [0.2, 0.25) is 0 Å². The predicted molar refractivity (Wildman–Crippen MR) is 74.1 cm³/mol. The summed E-state index contributed by atoms with van der Waals surface area (Å²) in [5, 5.41) is 10.1. The van der Waals surface area contributed by atoms with Crippen LogP contribution in [0.1, 0.15) is 25.5 Å². The minimum atomic E-state index is -0.849. The molecule has 1 aliphatic rings. The van der Waals surface area contributed by atoms with E-state index in [4.69, 9.17) is 0 Å². The van der Waals surface area contributed by atoms with Gasteiger partial charge in [-0.1, -0.05) is 41.9 Å². The summed E-state index contributed by atoms with van der Waals surface area (Å²) in [5.41, 5.74) is 0.691. The average Bonchev–Trinajstić information content (AvgIpc) is 2.57. The molecule has 1 saturated heterocycles. The third kappa shape index (κ3) is 2.72. The zero-order valence-electron chi connectivity index (χ0n) is 10.8. The molecule has 0 radical (unpaired) electrons. The van der Waals surface area contributed by atoms with Crippen LogP contribution in [0.3, 0.4) is 0 Å². The number of carbonyl (C=O) groups excluding carboxylic acids is 2. The molecule has 0 spiro atoms. The fourth-order valence-electron chi connectivity index (χ4n) is 2.17. The molecule has 0 unspecified atom stereocenters. The number of amides is 2. The second-order valence-corrected chi connectivity index (χ2v) is 5.85. The van der Waals surface area contributed by atoms with Crippen LogP contribution in [0.25, 0.3) is 0 Å². The van der Waals surface area contributed by atoms with E-state index in [1.807, 2.05) is 12.1 Å². The molecular formula is C14H16BrNO3. The van der Waals surface area contributed by atoms with E-state index in [1.165, 1.54) is 4.90 Å². The molecule has 1 aromatic carbocycles. The highest BCUT2D eigenvalue weighted by atomic mass is 79.9. The third-order valence-corrected chi connectivity index (χ3v) is 4.20. The first-order chi connectivity index (χ1) is 8.91. The van der Waals surface area contributed by atoms with Gasteiger partial charge in [-0.25, -0.2) is 0 Å². The van der Waals surface area contributed by atoms with Crippen molar-refractivity contribution >= 4 is 27.7 Å². The van der Waals surface area contributed by atoms with Crippen LogP contribution < -0.4 is 0 Å². The van der Waals surface area contributed by atoms with E-state index in [9.17, 15) is 14.7 Å². The number of rotatable bonds is 3. The molecule has 5 heteroatoms. The lowest BCUT2D eigenvalue weighted by molar-refractivity contribution is -0.141. The van der Waals surface area contributed by atoms with E-state index in [1.54, 1.807) is 26.0 Å². The molecule has 1 aliphatic heterocycles. The first-order valence-electron chi connectivity index (χ1n) is 6.20. The van der Waals surface area contributed by atoms with Crippen LogP contribution in [0, 0.1) is 11.8 Å². The Hall–Kier alpha value is -1.20. The summed E-state index contributed by atoms with van der Waals surface area (Å²) in [6, 6.07) is 7.17. The Morgan fingerprint density at radius 1 is 1.16 bits per heavy atom. The number of likely N-dealkylation sites (tertiary alicyclic amines) is 1. The number of aliphatic hydroxyl groups is 1. The number of benzene rings is 1. The van der Waals surface area contributed by atoms with Crippen molar-refractivity contribution in [2.24, 2.45) is 11.8 Å². The molecule has 2 rings (SSSR count). The molecule has 1 N–H and O–H groups in total. The minimum absolute atomic E-state index is 0.0218. The van der Waals surface area contributed by atoms with Gasteiger partial charge in [0.05, 0.1) is 12.6 Å². The number of nitrogens with zero attached hydrogens (tertiary/aromatic N) is 1. The molecule has 0 bridgehead atoms. The molecule has 1 fully saturated rings. The average molecular weight is 326 g/mol. The van der Waals surface area contributed by atoms with Crippen molar-refractivity contribution in [3.63, 3.8) is 0 Å². The van der Waals surface area contributed by atoms with E-state index < -0.39 is 6.10 Å². The van der Waals surface area contributed by atoms with Gasteiger partial charge in [0.15, 0.2) is 0 Å². The highest BCUT2D eigenvalue weighted by Gasteiger charge is 2.42. The smallest absolute Gasteiger partial charge is 0.232 e. The number of halogens is 1. The fourth-order valence-corrected chi connectivity index (χ4v) is 2.44. The third-order valence-electron chi connectivity index (χ3n) is 3.67. The SMILES string of the molecule is C[C@@H]1C(=O)N(C[C@H](O)c2ccc(Br)cc2)C(=O)[C@H]1C. The largest absolute Gasteiger partial charge is 0.387 e. The van der Waals surface area contributed by atoms with Crippen molar-refractivity contribution < 1.29 is 14.7 Å². The highest BCUT2D eigenvalue weighted by Crippen LogP contribution is 2.27. The summed E-state index contributed by atoms with van der Waals surface area (Å²) >= 11 is 3.32. The second-order valence-electron chi connectivity index (χ2n) is 4.93. The predicted octanol–water partition coefficient (Wildman–Crippen LogP) is 2.12. The monoisotopic (exact) mass is 325 g/mol. The summed E-state index contributed by atoms with van der Waals surface area (Å²) in [6.45, 7) is 3.52. The van der Waals surface area contributed by atoms with Gasteiger partial charge in [0.2, 0.25) is 11.8 Å². The van der Waals surface area contributed by atoms with Crippen molar-refractivity contribution in [2.45, 2.75) is 20.0 Å². The lowest BCUT2D eigenvalue weighted by Crippen LogP contribution is -2.34. The molecule has 1 heterocycles. The molecule has 0 aromatic heterocycles. The van der Waals surface area contributed by atoms with Crippen molar-refractivity contribution in [1.82, 2.24) is 4.90 Å². The van der Waals surface area contributed by atoms with Gasteiger partial charge in [0, 0.05) is 16.3 Å². The van der Waals surface area contributed by atoms with Gasteiger partial charge in [0.1, 0.15) is 0 Å². The van der Waals surface area contributed by atoms with Crippen LogP contribution >= 0.6 is 15.9 Å². The van der Waals surface area contributed by atoms with Crippen molar-refractivity contribution in [3.8, 4) is 0 Å². The first kappa shape index (κ1) is 14.2. The van der Waals surface area contributed by atoms with Crippen molar-refractivity contribution in [1.29, 1.82) is 0 Å². The summed E-state index contributed by atoms with van der Waals surface area (Å²) in [4.78, 5) is 25.0. The van der Waals surface area contributed by atoms with Crippen LogP contribution in [-0.2, 0) is 9.59 Å². The maximum absolute atomic E-state index is 11.9. The Bertz CT molecular complexity index is 480. The summed E-state index contributed by atoms with van der Waals surface area (Å²) in [7, 11) is 0. The van der Waals surface area contributed by atoms with Crippen molar-refractivity contribution in [3.05, 3.63) is 34.3 Å². The molecule has 19 heavy (non-hydrogen) atoms. The number of carbonyl (C=O) groups is 2. The Labute approximate surface area is 120 Å². The lowest BCUT2D eigenvalue weighted by atomic mass is 10.00. The van der Waals surface area contributed by atoms with Gasteiger partial charge >= 0.3 is 0 Å². The summed E-state index contributed by atoms with van der Waals surface area (Å²) in [6.07, 6.45) is -0.849. The van der Waals surface area contributed by atoms with E-state index in [0.29, 0.717) is 5.56 Å². The number of imide groups is 1.